The molecule has 1 aromatic carbocycles. The Morgan fingerprint density at radius 3 is 2.50 bits per heavy atom. The summed E-state index contributed by atoms with van der Waals surface area (Å²) in [6.07, 6.45) is 2.84. The maximum atomic E-state index is 13.2. The fourth-order valence-corrected chi connectivity index (χ4v) is 2.14. The van der Waals surface area contributed by atoms with Gasteiger partial charge in [-0.15, -0.1) is 0 Å². The van der Waals surface area contributed by atoms with Crippen LogP contribution >= 0.6 is 15.9 Å². The Hall–Kier alpha value is -0.610. The van der Waals surface area contributed by atoms with E-state index in [1.165, 1.54) is 6.07 Å². The van der Waals surface area contributed by atoms with Crippen LogP contribution in [0.1, 0.15) is 24.8 Å². The lowest BCUT2D eigenvalue weighted by atomic mass is 9.73. The molecule has 1 aliphatic carbocycles. The monoisotopic (exact) mass is 259 g/mol. The van der Waals surface area contributed by atoms with Gasteiger partial charge in [0.05, 0.1) is 4.47 Å². The molecule has 0 unspecified atom stereocenters. The van der Waals surface area contributed by atoms with Crippen LogP contribution in [0.25, 0.3) is 0 Å². The Labute approximate surface area is 90.1 Å². The SMILES string of the molecule is NC1(c2cc(F)c(O)c(Br)c2)CCC1. The topological polar surface area (TPSA) is 46.2 Å². The molecule has 1 saturated carbocycles. The van der Waals surface area contributed by atoms with Crippen molar-refractivity contribution in [2.24, 2.45) is 5.73 Å². The van der Waals surface area contributed by atoms with E-state index in [4.69, 9.17) is 5.73 Å². The van der Waals surface area contributed by atoms with E-state index in [0.29, 0.717) is 4.47 Å². The molecular weight excluding hydrogens is 249 g/mol. The van der Waals surface area contributed by atoms with E-state index >= 15 is 0 Å². The number of hydrogen-bond acceptors (Lipinski definition) is 2. The largest absolute Gasteiger partial charge is 0.504 e. The maximum Gasteiger partial charge on any atom is 0.166 e. The van der Waals surface area contributed by atoms with Crippen molar-refractivity contribution in [1.29, 1.82) is 0 Å². The highest BCUT2D eigenvalue weighted by Gasteiger charge is 2.35. The second-order valence-corrected chi connectivity index (χ2v) is 4.65. The van der Waals surface area contributed by atoms with Gasteiger partial charge in [-0.05, 0) is 52.9 Å². The molecule has 3 N–H and O–H groups in total. The van der Waals surface area contributed by atoms with Gasteiger partial charge in [-0.2, -0.15) is 0 Å². The van der Waals surface area contributed by atoms with E-state index in [1.807, 2.05) is 0 Å². The minimum absolute atomic E-state index is 0.350. The van der Waals surface area contributed by atoms with Gasteiger partial charge >= 0.3 is 0 Å². The molecule has 0 saturated heterocycles. The van der Waals surface area contributed by atoms with Crippen molar-refractivity contribution in [3.8, 4) is 5.75 Å². The standard InChI is InChI=1S/C10H11BrFNO/c11-7-4-6(5-8(12)9(7)14)10(13)2-1-3-10/h4-5,14H,1-3,13H2. The van der Waals surface area contributed by atoms with E-state index in [2.05, 4.69) is 15.9 Å². The Morgan fingerprint density at radius 2 is 2.07 bits per heavy atom. The number of aromatic hydroxyl groups is 1. The number of phenols is 1. The lowest BCUT2D eigenvalue weighted by Gasteiger charge is -2.38. The average Bonchev–Trinajstić information content (AvgIpc) is 2.09. The second kappa shape index (κ2) is 3.21. The first-order valence-electron chi connectivity index (χ1n) is 4.50. The average molecular weight is 260 g/mol. The summed E-state index contributed by atoms with van der Waals surface area (Å²) in [6, 6.07) is 3.01. The van der Waals surface area contributed by atoms with Gasteiger partial charge in [-0.1, -0.05) is 0 Å². The summed E-state index contributed by atoms with van der Waals surface area (Å²) in [5.41, 5.74) is 6.41. The highest BCUT2D eigenvalue weighted by atomic mass is 79.9. The van der Waals surface area contributed by atoms with Gasteiger partial charge in [0.25, 0.3) is 0 Å². The number of halogens is 2. The van der Waals surface area contributed by atoms with Gasteiger partial charge in [0.1, 0.15) is 0 Å². The molecule has 14 heavy (non-hydrogen) atoms. The zero-order chi connectivity index (χ0) is 10.3. The molecule has 0 spiro atoms. The molecule has 76 valence electrons. The quantitative estimate of drug-likeness (QED) is 0.815. The first-order chi connectivity index (χ1) is 6.53. The van der Waals surface area contributed by atoms with Gasteiger partial charge in [0, 0.05) is 5.54 Å². The van der Waals surface area contributed by atoms with Gasteiger partial charge < -0.3 is 10.8 Å². The molecule has 1 aliphatic rings. The van der Waals surface area contributed by atoms with Crippen LogP contribution in [0, 0.1) is 5.82 Å². The normalized spacial score (nSPS) is 19.1. The molecule has 0 heterocycles. The molecule has 1 fully saturated rings. The molecule has 2 nitrogen and oxygen atoms in total. The van der Waals surface area contributed by atoms with E-state index in [-0.39, 0.29) is 5.75 Å². The minimum Gasteiger partial charge on any atom is -0.504 e. The molecule has 0 aliphatic heterocycles. The van der Waals surface area contributed by atoms with Crippen LogP contribution in [0.5, 0.6) is 5.75 Å². The molecule has 2 rings (SSSR count). The summed E-state index contributed by atoms with van der Waals surface area (Å²) < 4.78 is 13.6. The fraction of sp³-hybridized carbons (Fsp3) is 0.400. The first-order valence-corrected chi connectivity index (χ1v) is 5.30. The lowest BCUT2D eigenvalue weighted by molar-refractivity contribution is 0.252. The molecular formula is C10H11BrFNO. The van der Waals surface area contributed by atoms with Crippen LogP contribution in [0.15, 0.2) is 16.6 Å². The smallest absolute Gasteiger partial charge is 0.166 e. The molecule has 0 atom stereocenters. The molecule has 0 amide bonds. The summed E-state index contributed by atoms with van der Waals surface area (Å²) in [5.74, 6) is -0.970. The number of rotatable bonds is 1. The molecule has 1 aromatic rings. The summed E-state index contributed by atoms with van der Waals surface area (Å²) in [7, 11) is 0. The fourth-order valence-electron chi connectivity index (χ4n) is 1.70. The van der Waals surface area contributed by atoms with Crippen LogP contribution in [0.2, 0.25) is 0 Å². The molecule has 4 heteroatoms. The Kier molecular flexibility index (Phi) is 2.27. The van der Waals surface area contributed by atoms with Crippen molar-refractivity contribution in [1.82, 2.24) is 0 Å². The van der Waals surface area contributed by atoms with Crippen molar-refractivity contribution >= 4 is 15.9 Å². The highest BCUT2D eigenvalue weighted by molar-refractivity contribution is 9.10. The lowest BCUT2D eigenvalue weighted by Crippen LogP contribution is -2.43. The minimum atomic E-state index is -0.619. The van der Waals surface area contributed by atoms with Crippen LogP contribution in [-0.2, 0) is 5.54 Å². The zero-order valence-corrected chi connectivity index (χ0v) is 9.14. The van der Waals surface area contributed by atoms with Crippen LogP contribution < -0.4 is 5.73 Å². The number of hydrogen-bond donors (Lipinski definition) is 2. The summed E-state index contributed by atoms with van der Waals surface area (Å²) in [4.78, 5) is 0. The zero-order valence-electron chi connectivity index (χ0n) is 7.56. The van der Waals surface area contributed by atoms with E-state index in [9.17, 15) is 9.50 Å². The summed E-state index contributed by atoms with van der Waals surface area (Å²) >= 11 is 3.10. The van der Waals surface area contributed by atoms with Crippen molar-refractivity contribution < 1.29 is 9.50 Å². The van der Waals surface area contributed by atoms with Gasteiger partial charge in [0.2, 0.25) is 0 Å². The predicted molar refractivity (Wildman–Crippen MR) is 55.5 cm³/mol. The molecule has 0 radical (unpaired) electrons. The third-order valence-corrected chi connectivity index (χ3v) is 3.44. The number of phenolic OH excluding ortho intramolecular Hbond substituents is 1. The van der Waals surface area contributed by atoms with Crippen LogP contribution in [0.3, 0.4) is 0 Å². The molecule has 0 aromatic heterocycles. The first kappa shape index (κ1) is 9.93. The van der Waals surface area contributed by atoms with Crippen LogP contribution in [0.4, 0.5) is 4.39 Å². The maximum absolute atomic E-state index is 13.2. The Bertz CT molecular complexity index is 353. The van der Waals surface area contributed by atoms with Gasteiger partial charge in [-0.3, -0.25) is 0 Å². The summed E-state index contributed by atoms with van der Waals surface area (Å²) in [6.45, 7) is 0. The van der Waals surface area contributed by atoms with Crippen molar-refractivity contribution in [3.63, 3.8) is 0 Å². The Balaban J connectivity index is 2.45. The third-order valence-electron chi connectivity index (χ3n) is 2.84. The van der Waals surface area contributed by atoms with E-state index in [1.54, 1.807) is 6.07 Å². The van der Waals surface area contributed by atoms with Crippen molar-refractivity contribution in [2.75, 3.05) is 0 Å². The van der Waals surface area contributed by atoms with Gasteiger partial charge in [0.15, 0.2) is 11.6 Å². The van der Waals surface area contributed by atoms with Crippen molar-refractivity contribution in [3.05, 3.63) is 28.0 Å². The van der Waals surface area contributed by atoms with Gasteiger partial charge in [-0.25, -0.2) is 4.39 Å². The second-order valence-electron chi connectivity index (χ2n) is 3.80. The number of nitrogens with two attached hydrogens (primary N) is 1. The van der Waals surface area contributed by atoms with E-state index in [0.717, 1.165) is 24.8 Å². The highest BCUT2D eigenvalue weighted by Crippen LogP contribution is 2.41. The number of benzene rings is 1. The summed E-state index contributed by atoms with van der Waals surface area (Å²) in [5, 5.41) is 9.22. The van der Waals surface area contributed by atoms with Crippen LogP contribution in [-0.4, -0.2) is 5.11 Å². The molecule has 0 bridgehead atoms. The Morgan fingerprint density at radius 1 is 1.43 bits per heavy atom. The van der Waals surface area contributed by atoms with Crippen molar-refractivity contribution in [2.45, 2.75) is 24.8 Å². The predicted octanol–water partition coefficient (Wildman–Crippen LogP) is 2.63. The van der Waals surface area contributed by atoms with E-state index < -0.39 is 11.4 Å². The third kappa shape index (κ3) is 1.42.